The van der Waals surface area contributed by atoms with Crippen molar-refractivity contribution in [1.29, 1.82) is 0 Å². The molecule has 130 valence electrons. The molecular weight excluding hydrogens is 276 g/mol. The molecule has 21 heavy (non-hydrogen) atoms. The summed E-state index contributed by atoms with van der Waals surface area (Å²) in [5.74, 6) is 0. The van der Waals surface area contributed by atoms with Crippen molar-refractivity contribution in [3.8, 4) is 0 Å². The van der Waals surface area contributed by atoms with E-state index in [9.17, 15) is 0 Å². The number of ether oxygens (including phenoxy) is 4. The van der Waals surface area contributed by atoms with Gasteiger partial charge in [0.2, 0.25) is 0 Å². The highest BCUT2D eigenvalue weighted by atomic mass is 16.5. The van der Waals surface area contributed by atoms with E-state index in [1.165, 1.54) is 0 Å². The lowest BCUT2D eigenvalue weighted by atomic mass is 10.4. The van der Waals surface area contributed by atoms with Crippen LogP contribution in [0.2, 0.25) is 0 Å². The number of hydrogen-bond acceptors (Lipinski definition) is 6. The lowest BCUT2D eigenvalue weighted by Gasteiger charge is -2.16. The Labute approximate surface area is 129 Å². The largest absolute Gasteiger partial charge is 0.394 e. The summed E-state index contributed by atoms with van der Waals surface area (Å²) >= 11 is 0. The molecule has 0 aliphatic carbocycles. The third-order valence-corrected chi connectivity index (χ3v) is 2.35. The Morgan fingerprint density at radius 1 is 0.810 bits per heavy atom. The fraction of sp³-hybridized carbons (Fsp3) is 1.00. The van der Waals surface area contributed by atoms with Crippen LogP contribution < -0.4 is 0 Å². The lowest BCUT2D eigenvalue weighted by molar-refractivity contribution is -0.0620. The van der Waals surface area contributed by atoms with Crippen LogP contribution >= 0.6 is 0 Å². The molecule has 4 unspecified atom stereocenters. The van der Waals surface area contributed by atoms with Crippen molar-refractivity contribution in [2.24, 2.45) is 0 Å². The first-order chi connectivity index (χ1) is 9.87. The van der Waals surface area contributed by atoms with E-state index in [2.05, 4.69) is 0 Å². The van der Waals surface area contributed by atoms with Crippen LogP contribution in [0.15, 0.2) is 0 Å². The Bertz CT molecular complexity index is 195. The van der Waals surface area contributed by atoms with E-state index in [1.54, 1.807) is 21.0 Å². The summed E-state index contributed by atoms with van der Waals surface area (Å²) < 4.78 is 20.5. The fourth-order valence-corrected chi connectivity index (χ4v) is 1.27. The van der Waals surface area contributed by atoms with Gasteiger partial charge in [-0.25, -0.2) is 0 Å². The van der Waals surface area contributed by atoms with E-state index >= 15 is 0 Å². The van der Waals surface area contributed by atoms with Gasteiger partial charge < -0.3 is 29.2 Å². The Morgan fingerprint density at radius 2 is 1.33 bits per heavy atom. The van der Waals surface area contributed by atoms with Gasteiger partial charge in [-0.3, -0.25) is 0 Å². The van der Waals surface area contributed by atoms with Crippen molar-refractivity contribution in [2.45, 2.75) is 59.0 Å². The van der Waals surface area contributed by atoms with Gasteiger partial charge in [-0.2, -0.15) is 0 Å². The molecule has 4 atom stereocenters. The van der Waals surface area contributed by atoms with Crippen LogP contribution in [-0.4, -0.2) is 74.8 Å². The summed E-state index contributed by atoms with van der Waals surface area (Å²) in [7, 11) is 1.68. The van der Waals surface area contributed by atoms with Crippen molar-refractivity contribution in [2.75, 3.05) is 40.1 Å². The Morgan fingerprint density at radius 3 is 1.76 bits per heavy atom. The lowest BCUT2D eigenvalue weighted by Crippen LogP contribution is -2.24. The average Bonchev–Trinajstić information content (AvgIpc) is 2.43. The maximum absolute atomic E-state index is 8.92. The topological polar surface area (TPSA) is 77.4 Å². The molecule has 0 spiro atoms. The predicted octanol–water partition coefficient (Wildman–Crippen LogP) is 1.23. The van der Waals surface area contributed by atoms with Gasteiger partial charge in [0.1, 0.15) is 0 Å². The van der Waals surface area contributed by atoms with Crippen molar-refractivity contribution in [1.82, 2.24) is 0 Å². The molecule has 6 heteroatoms. The van der Waals surface area contributed by atoms with Crippen molar-refractivity contribution in [3.63, 3.8) is 0 Å². The van der Waals surface area contributed by atoms with Gasteiger partial charge in [0.15, 0.2) is 0 Å². The molecule has 0 aromatic heterocycles. The molecule has 2 N–H and O–H groups in total. The van der Waals surface area contributed by atoms with Crippen LogP contribution in [0.3, 0.4) is 0 Å². The second-order valence-corrected chi connectivity index (χ2v) is 5.04. The van der Waals surface area contributed by atoms with Crippen LogP contribution in [0.5, 0.6) is 0 Å². The number of methoxy groups -OCH3 is 1. The standard InChI is InChI=1S/C9H20O4.C6H14O2/c1-7(11)5-12-9(3)6-13-8(2)4-10;1-4-8-6(2)5-7-3/h7-11H,4-6H2,1-3H3;6H,4-5H2,1-3H3. The van der Waals surface area contributed by atoms with Gasteiger partial charge in [0.05, 0.1) is 50.8 Å². The first-order valence-corrected chi connectivity index (χ1v) is 7.49. The van der Waals surface area contributed by atoms with Crippen molar-refractivity contribution < 1.29 is 29.2 Å². The molecule has 0 rings (SSSR count). The zero-order valence-electron chi connectivity index (χ0n) is 14.4. The molecule has 0 saturated heterocycles. The molecule has 0 saturated carbocycles. The number of hydrogen-bond donors (Lipinski definition) is 2. The maximum Gasteiger partial charge on any atom is 0.0781 e. The zero-order valence-corrected chi connectivity index (χ0v) is 14.4. The summed E-state index contributed by atoms with van der Waals surface area (Å²) in [5, 5.41) is 17.6. The second kappa shape index (κ2) is 16.1. The molecular formula is C15H34O6. The van der Waals surface area contributed by atoms with Crippen LogP contribution in [0, 0.1) is 0 Å². The normalized spacial score (nSPS) is 16.6. The van der Waals surface area contributed by atoms with Gasteiger partial charge in [0, 0.05) is 13.7 Å². The highest BCUT2D eigenvalue weighted by Crippen LogP contribution is 1.97. The fourth-order valence-electron chi connectivity index (χ4n) is 1.27. The molecule has 0 heterocycles. The van der Waals surface area contributed by atoms with Gasteiger partial charge in [0.25, 0.3) is 0 Å². The third kappa shape index (κ3) is 19.8. The Balaban J connectivity index is 0. The van der Waals surface area contributed by atoms with Gasteiger partial charge in [-0.05, 0) is 34.6 Å². The van der Waals surface area contributed by atoms with Gasteiger partial charge >= 0.3 is 0 Å². The predicted molar refractivity (Wildman–Crippen MR) is 82.6 cm³/mol. The van der Waals surface area contributed by atoms with E-state index in [0.717, 1.165) is 6.61 Å². The second-order valence-electron chi connectivity index (χ2n) is 5.04. The van der Waals surface area contributed by atoms with E-state index in [4.69, 9.17) is 29.2 Å². The van der Waals surface area contributed by atoms with Crippen LogP contribution in [0.1, 0.15) is 34.6 Å². The minimum atomic E-state index is -0.447. The van der Waals surface area contributed by atoms with Crippen LogP contribution in [-0.2, 0) is 18.9 Å². The molecule has 0 radical (unpaired) electrons. The smallest absolute Gasteiger partial charge is 0.0781 e. The first-order valence-electron chi connectivity index (χ1n) is 7.49. The van der Waals surface area contributed by atoms with Crippen molar-refractivity contribution >= 4 is 0 Å². The summed E-state index contributed by atoms with van der Waals surface area (Å²) in [6.45, 7) is 11.5. The minimum Gasteiger partial charge on any atom is -0.394 e. The molecule has 0 aromatic rings. The average molecular weight is 310 g/mol. The molecule has 0 aromatic carbocycles. The molecule has 0 bridgehead atoms. The minimum absolute atomic E-state index is 0.0170. The number of rotatable bonds is 11. The van der Waals surface area contributed by atoms with E-state index in [1.807, 2.05) is 20.8 Å². The first kappa shape index (κ1) is 23.0. The highest BCUT2D eigenvalue weighted by Gasteiger charge is 2.07. The quantitative estimate of drug-likeness (QED) is 0.598. The summed E-state index contributed by atoms with van der Waals surface area (Å²) in [6.07, 6.45) is -0.413. The molecule has 0 aliphatic rings. The molecule has 0 aliphatic heterocycles. The Hall–Kier alpha value is -0.240. The van der Waals surface area contributed by atoms with Gasteiger partial charge in [-0.15, -0.1) is 0 Å². The third-order valence-electron chi connectivity index (χ3n) is 2.35. The number of aliphatic hydroxyl groups is 2. The summed E-state index contributed by atoms with van der Waals surface area (Å²) in [5.41, 5.74) is 0. The number of aliphatic hydroxyl groups excluding tert-OH is 2. The summed E-state index contributed by atoms with van der Waals surface area (Å²) in [4.78, 5) is 0. The van der Waals surface area contributed by atoms with Gasteiger partial charge in [-0.1, -0.05) is 0 Å². The van der Waals surface area contributed by atoms with E-state index in [-0.39, 0.29) is 24.9 Å². The Kier molecular flexibility index (Phi) is 17.7. The van der Waals surface area contributed by atoms with E-state index < -0.39 is 6.10 Å². The SMILES string of the molecule is CC(O)COC(C)COC(C)CO.CCOC(C)COC. The van der Waals surface area contributed by atoms with E-state index in [0.29, 0.717) is 19.8 Å². The molecule has 0 fully saturated rings. The molecule has 0 amide bonds. The summed E-state index contributed by atoms with van der Waals surface area (Å²) in [6, 6.07) is 0. The highest BCUT2D eigenvalue weighted by molar-refractivity contribution is 4.52. The monoisotopic (exact) mass is 310 g/mol. The van der Waals surface area contributed by atoms with Crippen molar-refractivity contribution in [3.05, 3.63) is 0 Å². The maximum atomic E-state index is 8.92. The van der Waals surface area contributed by atoms with Crippen LogP contribution in [0.25, 0.3) is 0 Å². The van der Waals surface area contributed by atoms with Crippen LogP contribution in [0.4, 0.5) is 0 Å². The molecule has 6 nitrogen and oxygen atoms in total. The zero-order chi connectivity index (χ0) is 16.7.